The van der Waals surface area contributed by atoms with Crippen LogP contribution in [-0.4, -0.2) is 145 Å². The molecule has 6 amide bonds. The minimum atomic E-state index is -0.735. The first-order valence-electron chi connectivity index (χ1n) is 37.8. The number of nitrogens with zero attached hydrogens (tertiary/aromatic N) is 3. The highest BCUT2D eigenvalue weighted by Crippen LogP contribution is 2.22. The Balaban J connectivity index is 3.02. The summed E-state index contributed by atoms with van der Waals surface area (Å²) in [4.78, 5) is 87.1. The summed E-state index contributed by atoms with van der Waals surface area (Å²) in [6, 6.07) is -1.40. The third-order valence-corrected chi connectivity index (χ3v) is 18.1. The number of carbonyl (C=O) groups is 6. The lowest BCUT2D eigenvalue weighted by Gasteiger charge is -2.40. The standard InChI is InChI=1S/C73H142N8O7/c1-6-11-16-21-26-31-36-43-56-76-69(84)51-61-79(60-50-68(83)74-54-41-34-29-24-19-14-9-4)58-45-39-48-66-73(88)81(64-65(82)47-38-33-28-23-18-13-8-3)67(72(87)78-66)49-40-46-59-80(62-52-70(85)75-55-42-35-30-25-20-15-10-5)63-53-71(86)77-57-44-37-32-27-22-17-12-7-2/h65-67,82H,6-64H2,1-5H3,(H,74,83)(H,75,85)(H,76,84)(H,77,86)(H,78,87). The molecule has 1 aliphatic rings. The number of aliphatic hydroxyl groups is 1. The van der Waals surface area contributed by atoms with Gasteiger partial charge in [0.2, 0.25) is 35.4 Å². The lowest BCUT2D eigenvalue weighted by atomic mass is 9.97. The maximum absolute atomic E-state index is 14.6. The first-order chi connectivity index (χ1) is 43.0. The van der Waals surface area contributed by atoms with Crippen molar-refractivity contribution in [2.75, 3.05) is 72.0 Å². The molecule has 1 rings (SSSR count). The van der Waals surface area contributed by atoms with Gasteiger partial charge in [0.1, 0.15) is 12.1 Å². The van der Waals surface area contributed by atoms with Crippen LogP contribution in [0.25, 0.3) is 0 Å². The molecule has 1 aliphatic heterocycles. The Morgan fingerprint density at radius 2 is 0.670 bits per heavy atom. The fraction of sp³-hybridized carbons (Fsp3) is 0.918. The van der Waals surface area contributed by atoms with Crippen LogP contribution in [0.3, 0.4) is 0 Å². The van der Waals surface area contributed by atoms with Crippen LogP contribution in [0, 0.1) is 0 Å². The van der Waals surface area contributed by atoms with Crippen LogP contribution in [-0.2, 0) is 28.8 Å². The van der Waals surface area contributed by atoms with Gasteiger partial charge in [-0.05, 0) is 83.7 Å². The van der Waals surface area contributed by atoms with Gasteiger partial charge in [-0.2, -0.15) is 0 Å². The Morgan fingerprint density at radius 3 is 0.989 bits per heavy atom. The topological polar surface area (TPSA) is 193 Å². The average Bonchev–Trinajstić information content (AvgIpc) is 2.70. The fourth-order valence-electron chi connectivity index (χ4n) is 12.2. The van der Waals surface area contributed by atoms with E-state index in [0.29, 0.717) is 123 Å². The van der Waals surface area contributed by atoms with Crippen molar-refractivity contribution in [3.05, 3.63) is 0 Å². The molecule has 0 aromatic carbocycles. The van der Waals surface area contributed by atoms with E-state index in [1.807, 2.05) is 0 Å². The monoisotopic (exact) mass is 1240 g/mol. The lowest BCUT2D eigenvalue weighted by molar-refractivity contribution is -0.151. The molecule has 0 saturated carbocycles. The number of nitrogens with one attached hydrogen (secondary N) is 5. The van der Waals surface area contributed by atoms with E-state index in [1.54, 1.807) is 4.90 Å². The normalized spacial score (nSPS) is 14.7. The van der Waals surface area contributed by atoms with Crippen LogP contribution < -0.4 is 26.6 Å². The number of hydrogen-bond donors (Lipinski definition) is 6. The summed E-state index contributed by atoms with van der Waals surface area (Å²) in [5, 5.41) is 27.1. The van der Waals surface area contributed by atoms with Gasteiger partial charge in [0.15, 0.2) is 0 Å². The van der Waals surface area contributed by atoms with Gasteiger partial charge in [-0.3, -0.25) is 28.8 Å². The second-order valence-electron chi connectivity index (χ2n) is 26.4. The van der Waals surface area contributed by atoms with Crippen molar-refractivity contribution in [2.45, 2.75) is 361 Å². The first kappa shape index (κ1) is 82.7. The SMILES string of the molecule is CCCCCCCCCCNC(=O)CCN(CCCCC1NC(=O)C(CCCCN(CCC(=O)NCCCCCCCCC)CCC(=O)NCCCCCCCCCC)N(CC(O)CCCCCCCCC)C1=O)CCC(=O)NCCCCCCCCC. The van der Waals surface area contributed by atoms with E-state index in [1.165, 1.54) is 167 Å². The number of β-amino-alcohol motifs (C(OH)–C–C–N with tert-alkyl or cyclic N) is 1. The van der Waals surface area contributed by atoms with E-state index in [-0.39, 0.29) is 42.0 Å². The second-order valence-corrected chi connectivity index (χ2v) is 26.4. The summed E-state index contributed by atoms with van der Waals surface area (Å²) in [5.41, 5.74) is 0. The van der Waals surface area contributed by atoms with Crippen LogP contribution in [0.4, 0.5) is 0 Å². The predicted molar refractivity (Wildman–Crippen MR) is 368 cm³/mol. The van der Waals surface area contributed by atoms with Crippen molar-refractivity contribution in [3.63, 3.8) is 0 Å². The van der Waals surface area contributed by atoms with Gasteiger partial charge >= 0.3 is 0 Å². The molecule has 3 unspecified atom stereocenters. The molecule has 1 heterocycles. The minimum Gasteiger partial charge on any atom is -0.391 e. The van der Waals surface area contributed by atoms with Crippen LogP contribution in [0.1, 0.15) is 343 Å². The average molecular weight is 1240 g/mol. The third kappa shape index (κ3) is 49.4. The summed E-state index contributed by atoms with van der Waals surface area (Å²) in [7, 11) is 0. The fourth-order valence-corrected chi connectivity index (χ4v) is 12.2. The van der Waals surface area contributed by atoms with E-state index in [0.717, 1.165) is 83.5 Å². The molecule has 0 bridgehead atoms. The molecule has 0 spiro atoms. The number of aliphatic hydroxyl groups excluding tert-OH is 1. The van der Waals surface area contributed by atoms with Crippen LogP contribution in [0.5, 0.6) is 0 Å². The molecule has 0 radical (unpaired) electrons. The molecule has 0 aliphatic carbocycles. The highest BCUT2D eigenvalue weighted by Gasteiger charge is 2.40. The van der Waals surface area contributed by atoms with Crippen molar-refractivity contribution in [3.8, 4) is 0 Å². The Hall–Kier alpha value is -3.30. The maximum atomic E-state index is 14.6. The number of unbranched alkanes of at least 4 members (excludes halogenated alkanes) is 34. The Kier molecular flexibility index (Phi) is 57.5. The zero-order valence-corrected chi connectivity index (χ0v) is 58.2. The van der Waals surface area contributed by atoms with Crippen LogP contribution in [0.15, 0.2) is 0 Å². The summed E-state index contributed by atoms with van der Waals surface area (Å²) >= 11 is 0. The molecule has 1 fully saturated rings. The Morgan fingerprint density at radius 1 is 0.386 bits per heavy atom. The number of hydrogen-bond acceptors (Lipinski definition) is 9. The van der Waals surface area contributed by atoms with Crippen LogP contribution >= 0.6 is 0 Å². The summed E-state index contributed by atoms with van der Waals surface area (Å²) in [6.45, 7) is 17.5. The van der Waals surface area contributed by atoms with E-state index in [4.69, 9.17) is 0 Å². The molecule has 0 aromatic rings. The van der Waals surface area contributed by atoms with Crippen molar-refractivity contribution in [2.24, 2.45) is 0 Å². The molecule has 1 saturated heterocycles. The molecule has 516 valence electrons. The summed E-state index contributed by atoms with van der Waals surface area (Å²) in [5.74, 6) is -0.202. The molecule has 15 heteroatoms. The predicted octanol–water partition coefficient (Wildman–Crippen LogP) is 14.9. The molecular formula is C73H142N8O7. The molecule has 3 atom stereocenters. The molecular weight excluding hydrogens is 1100 g/mol. The van der Waals surface area contributed by atoms with Gasteiger partial charge in [-0.15, -0.1) is 0 Å². The third-order valence-electron chi connectivity index (χ3n) is 18.1. The summed E-state index contributed by atoms with van der Waals surface area (Å²) in [6.07, 6.45) is 49.0. The first-order valence-corrected chi connectivity index (χ1v) is 37.8. The van der Waals surface area contributed by atoms with Gasteiger partial charge in [-0.1, -0.05) is 247 Å². The van der Waals surface area contributed by atoms with E-state index in [2.05, 4.69) is 71.0 Å². The van der Waals surface area contributed by atoms with Crippen molar-refractivity contribution in [1.29, 1.82) is 0 Å². The zero-order chi connectivity index (χ0) is 64.2. The van der Waals surface area contributed by atoms with E-state index >= 15 is 0 Å². The van der Waals surface area contributed by atoms with Crippen molar-refractivity contribution < 1.29 is 33.9 Å². The van der Waals surface area contributed by atoms with Crippen LogP contribution in [0.2, 0.25) is 0 Å². The quantitative estimate of drug-likeness (QED) is 0.0322. The number of rotatable bonds is 66. The molecule has 88 heavy (non-hydrogen) atoms. The Bertz CT molecular complexity index is 1670. The smallest absolute Gasteiger partial charge is 0.245 e. The largest absolute Gasteiger partial charge is 0.391 e. The van der Waals surface area contributed by atoms with Gasteiger partial charge in [0.05, 0.1) is 6.10 Å². The molecule has 15 nitrogen and oxygen atoms in total. The second kappa shape index (κ2) is 61.2. The molecule has 6 N–H and O–H groups in total. The van der Waals surface area contributed by atoms with Crippen molar-refractivity contribution >= 4 is 35.4 Å². The van der Waals surface area contributed by atoms with E-state index < -0.39 is 18.2 Å². The number of amides is 6. The number of carbonyl (C=O) groups excluding carboxylic acids is 6. The van der Waals surface area contributed by atoms with Gasteiger partial charge in [-0.25, -0.2) is 0 Å². The molecule has 0 aromatic heterocycles. The zero-order valence-electron chi connectivity index (χ0n) is 58.2. The highest BCUT2D eigenvalue weighted by molar-refractivity contribution is 5.97. The number of piperazine rings is 1. The van der Waals surface area contributed by atoms with E-state index in [9.17, 15) is 33.9 Å². The van der Waals surface area contributed by atoms with Gasteiger partial charge < -0.3 is 46.4 Å². The van der Waals surface area contributed by atoms with Crippen molar-refractivity contribution in [1.82, 2.24) is 41.3 Å². The highest BCUT2D eigenvalue weighted by atomic mass is 16.3. The maximum Gasteiger partial charge on any atom is 0.245 e. The minimum absolute atomic E-state index is 0.0302. The Labute approximate surface area is 541 Å². The summed E-state index contributed by atoms with van der Waals surface area (Å²) < 4.78 is 0. The van der Waals surface area contributed by atoms with Gasteiger partial charge in [0.25, 0.3) is 0 Å². The lowest BCUT2D eigenvalue weighted by Crippen LogP contribution is -2.64. The van der Waals surface area contributed by atoms with Gasteiger partial charge in [0, 0.05) is 84.6 Å².